The lowest BCUT2D eigenvalue weighted by Crippen LogP contribution is -2.14. The maximum Gasteiger partial charge on any atom is 0.303 e. The van der Waals surface area contributed by atoms with E-state index in [1.165, 1.54) is 0 Å². The van der Waals surface area contributed by atoms with Crippen LogP contribution in [0.5, 0.6) is 0 Å². The minimum absolute atomic E-state index is 0.0117. The van der Waals surface area contributed by atoms with Crippen molar-refractivity contribution in [2.75, 3.05) is 5.32 Å². The summed E-state index contributed by atoms with van der Waals surface area (Å²) in [5, 5.41) is 15.2. The van der Waals surface area contributed by atoms with Crippen molar-refractivity contribution in [3.05, 3.63) is 11.8 Å². The average molecular weight is 225 g/mol. The average Bonchev–Trinajstić information content (AvgIpc) is 2.44. The number of hydrogen-bond donors (Lipinski definition) is 2. The van der Waals surface area contributed by atoms with Gasteiger partial charge in [0.1, 0.15) is 5.82 Å². The Kier molecular flexibility index (Phi) is 4.04. The first-order chi connectivity index (χ1) is 7.49. The first kappa shape index (κ1) is 12.2. The van der Waals surface area contributed by atoms with Crippen LogP contribution < -0.4 is 5.32 Å². The van der Waals surface area contributed by atoms with E-state index in [-0.39, 0.29) is 18.7 Å². The molecule has 1 rings (SSSR count). The molecule has 6 nitrogen and oxygen atoms in total. The van der Waals surface area contributed by atoms with Crippen molar-refractivity contribution in [2.24, 2.45) is 7.05 Å². The highest BCUT2D eigenvalue weighted by Gasteiger charge is 2.07. The number of nitrogens with one attached hydrogen (secondary N) is 1. The summed E-state index contributed by atoms with van der Waals surface area (Å²) in [4.78, 5) is 21.7. The number of carboxylic acid groups (broad SMARTS) is 1. The number of aryl methyl sites for hydroxylation is 2. The lowest BCUT2D eigenvalue weighted by atomic mass is 10.2. The van der Waals surface area contributed by atoms with E-state index in [1.54, 1.807) is 17.8 Å². The molecule has 0 saturated carbocycles. The first-order valence-corrected chi connectivity index (χ1v) is 5.01. The SMILES string of the molecule is Cc1cc(NC(=O)CCCC(=O)O)n(C)n1. The van der Waals surface area contributed by atoms with Gasteiger partial charge in [-0.1, -0.05) is 0 Å². The Balaban J connectivity index is 2.40. The summed E-state index contributed by atoms with van der Waals surface area (Å²) in [6.07, 6.45) is 0.562. The molecule has 1 aromatic heterocycles. The molecule has 0 atom stereocenters. The molecule has 1 amide bonds. The number of hydrogen-bond acceptors (Lipinski definition) is 3. The van der Waals surface area contributed by atoms with Crippen LogP contribution in [0.4, 0.5) is 5.82 Å². The molecule has 0 radical (unpaired) electrons. The zero-order valence-corrected chi connectivity index (χ0v) is 9.36. The molecule has 6 heteroatoms. The van der Waals surface area contributed by atoms with E-state index < -0.39 is 5.97 Å². The molecule has 1 aromatic rings. The summed E-state index contributed by atoms with van der Waals surface area (Å²) >= 11 is 0. The van der Waals surface area contributed by atoms with Gasteiger partial charge in [-0.15, -0.1) is 0 Å². The van der Waals surface area contributed by atoms with Crippen LogP contribution in [0, 0.1) is 6.92 Å². The van der Waals surface area contributed by atoms with E-state index in [0.717, 1.165) is 5.69 Å². The lowest BCUT2D eigenvalue weighted by molar-refractivity contribution is -0.137. The number of aliphatic carboxylic acids is 1. The standard InChI is InChI=1S/C10H15N3O3/c1-7-6-8(13(2)12-7)11-9(14)4-3-5-10(15)16/h6H,3-5H2,1-2H3,(H,11,14)(H,15,16). The van der Waals surface area contributed by atoms with Crippen molar-refractivity contribution in [1.82, 2.24) is 9.78 Å². The van der Waals surface area contributed by atoms with Crippen LogP contribution in [-0.2, 0) is 16.6 Å². The number of rotatable bonds is 5. The first-order valence-electron chi connectivity index (χ1n) is 5.01. The minimum atomic E-state index is -0.885. The quantitative estimate of drug-likeness (QED) is 0.780. The van der Waals surface area contributed by atoms with Gasteiger partial charge >= 0.3 is 5.97 Å². The molecule has 0 saturated heterocycles. The van der Waals surface area contributed by atoms with E-state index in [1.807, 2.05) is 6.92 Å². The fourth-order valence-corrected chi connectivity index (χ4v) is 1.33. The Bertz CT molecular complexity index is 398. The number of carbonyl (C=O) groups excluding carboxylic acids is 1. The van der Waals surface area contributed by atoms with Gasteiger partial charge in [-0.05, 0) is 13.3 Å². The summed E-state index contributed by atoms with van der Waals surface area (Å²) < 4.78 is 1.57. The molecule has 0 fully saturated rings. The maximum atomic E-state index is 11.4. The fourth-order valence-electron chi connectivity index (χ4n) is 1.33. The maximum absolute atomic E-state index is 11.4. The molecule has 0 aromatic carbocycles. The van der Waals surface area contributed by atoms with E-state index in [9.17, 15) is 9.59 Å². The second-order valence-electron chi connectivity index (χ2n) is 3.59. The van der Waals surface area contributed by atoms with Gasteiger partial charge in [0, 0.05) is 26.0 Å². The van der Waals surface area contributed by atoms with Crippen LogP contribution in [0.3, 0.4) is 0 Å². The van der Waals surface area contributed by atoms with E-state index in [0.29, 0.717) is 12.2 Å². The van der Waals surface area contributed by atoms with Gasteiger partial charge in [-0.3, -0.25) is 14.3 Å². The third kappa shape index (κ3) is 3.72. The zero-order valence-electron chi connectivity index (χ0n) is 9.36. The van der Waals surface area contributed by atoms with E-state index in [4.69, 9.17) is 5.11 Å². The minimum Gasteiger partial charge on any atom is -0.481 e. The van der Waals surface area contributed by atoms with Gasteiger partial charge < -0.3 is 10.4 Å². The predicted molar refractivity (Wildman–Crippen MR) is 58.1 cm³/mol. The number of carbonyl (C=O) groups is 2. The molecular weight excluding hydrogens is 210 g/mol. The third-order valence-electron chi connectivity index (χ3n) is 2.06. The Morgan fingerprint density at radius 3 is 2.69 bits per heavy atom. The number of aromatic nitrogens is 2. The summed E-state index contributed by atoms with van der Waals surface area (Å²) in [6.45, 7) is 1.83. The summed E-state index contributed by atoms with van der Waals surface area (Å²) in [5.74, 6) is -0.453. The number of carboxylic acids is 1. The van der Waals surface area contributed by atoms with Gasteiger partial charge in [0.15, 0.2) is 0 Å². The molecule has 0 bridgehead atoms. The molecular formula is C10H15N3O3. The van der Waals surface area contributed by atoms with Crippen molar-refractivity contribution in [2.45, 2.75) is 26.2 Å². The molecule has 0 aliphatic heterocycles. The summed E-state index contributed by atoms with van der Waals surface area (Å²) in [7, 11) is 1.74. The van der Waals surface area contributed by atoms with Gasteiger partial charge in [0.05, 0.1) is 5.69 Å². The number of anilines is 1. The second-order valence-corrected chi connectivity index (χ2v) is 3.59. The third-order valence-corrected chi connectivity index (χ3v) is 2.06. The van der Waals surface area contributed by atoms with Gasteiger partial charge in [-0.25, -0.2) is 0 Å². The highest BCUT2D eigenvalue weighted by molar-refractivity contribution is 5.90. The van der Waals surface area contributed by atoms with E-state index >= 15 is 0 Å². The molecule has 16 heavy (non-hydrogen) atoms. The van der Waals surface area contributed by atoms with E-state index in [2.05, 4.69) is 10.4 Å². The van der Waals surface area contributed by atoms with Gasteiger partial charge in [0.25, 0.3) is 0 Å². The Morgan fingerprint density at radius 1 is 1.50 bits per heavy atom. The van der Waals surface area contributed by atoms with Gasteiger partial charge in [0.2, 0.25) is 5.91 Å². The number of nitrogens with zero attached hydrogens (tertiary/aromatic N) is 2. The molecule has 0 aliphatic carbocycles. The molecule has 0 unspecified atom stereocenters. The molecule has 88 valence electrons. The summed E-state index contributed by atoms with van der Waals surface area (Å²) in [5.41, 5.74) is 0.823. The van der Waals surface area contributed by atoms with Crippen LogP contribution >= 0.6 is 0 Å². The Morgan fingerprint density at radius 2 is 2.19 bits per heavy atom. The molecule has 0 aliphatic rings. The molecule has 2 N–H and O–H groups in total. The highest BCUT2D eigenvalue weighted by Crippen LogP contribution is 2.08. The van der Waals surface area contributed by atoms with Crippen LogP contribution in [-0.4, -0.2) is 26.8 Å². The van der Waals surface area contributed by atoms with Crippen LogP contribution in [0.25, 0.3) is 0 Å². The highest BCUT2D eigenvalue weighted by atomic mass is 16.4. The monoisotopic (exact) mass is 225 g/mol. The lowest BCUT2D eigenvalue weighted by Gasteiger charge is -2.03. The van der Waals surface area contributed by atoms with Crippen molar-refractivity contribution >= 4 is 17.7 Å². The number of amides is 1. The van der Waals surface area contributed by atoms with Crippen LogP contribution in [0.15, 0.2) is 6.07 Å². The zero-order chi connectivity index (χ0) is 12.1. The van der Waals surface area contributed by atoms with Crippen molar-refractivity contribution in [1.29, 1.82) is 0 Å². The Hall–Kier alpha value is -1.85. The van der Waals surface area contributed by atoms with Crippen molar-refractivity contribution in [3.8, 4) is 0 Å². The van der Waals surface area contributed by atoms with Crippen LogP contribution in [0.1, 0.15) is 25.0 Å². The molecule has 0 spiro atoms. The normalized spacial score (nSPS) is 10.1. The topological polar surface area (TPSA) is 84.2 Å². The Labute approximate surface area is 93.3 Å². The van der Waals surface area contributed by atoms with Crippen LogP contribution in [0.2, 0.25) is 0 Å². The van der Waals surface area contributed by atoms with Crippen molar-refractivity contribution < 1.29 is 14.7 Å². The fraction of sp³-hybridized carbons (Fsp3) is 0.500. The smallest absolute Gasteiger partial charge is 0.303 e. The molecule has 1 heterocycles. The largest absolute Gasteiger partial charge is 0.481 e. The van der Waals surface area contributed by atoms with Gasteiger partial charge in [-0.2, -0.15) is 5.10 Å². The second kappa shape index (κ2) is 5.29. The van der Waals surface area contributed by atoms with Crippen molar-refractivity contribution in [3.63, 3.8) is 0 Å². The summed E-state index contributed by atoms with van der Waals surface area (Å²) in [6, 6.07) is 1.76. The predicted octanol–water partition coefficient (Wildman–Crippen LogP) is 0.922.